The van der Waals surface area contributed by atoms with E-state index in [0.29, 0.717) is 25.6 Å². The number of hydrogen-bond donors (Lipinski definition) is 2. The maximum Gasteiger partial charge on any atom is 0.220 e. The molecule has 0 saturated carbocycles. The zero-order valence-corrected chi connectivity index (χ0v) is 15.8. The van der Waals surface area contributed by atoms with Gasteiger partial charge in [-0.3, -0.25) is 4.79 Å². The molecule has 4 nitrogen and oxygen atoms in total. The van der Waals surface area contributed by atoms with Gasteiger partial charge in [0.15, 0.2) is 0 Å². The summed E-state index contributed by atoms with van der Waals surface area (Å²) >= 11 is 0. The zero-order chi connectivity index (χ0) is 16.6. The quantitative estimate of drug-likeness (QED) is 0.713. The van der Waals surface area contributed by atoms with Gasteiger partial charge in [-0.15, -0.1) is 12.4 Å². The van der Waals surface area contributed by atoms with Crippen LogP contribution in [-0.4, -0.2) is 32.1 Å². The van der Waals surface area contributed by atoms with Crippen molar-refractivity contribution in [1.82, 2.24) is 10.6 Å². The maximum absolute atomic E-state index is 11.6. The molecule has 0 heterocycles. The van der Waals surface area contributed by atoms with Crippen molar-refractivity contribution in [2.24, 2.45) is 0 Å². The van der Waals surface area contributed by atoms with E-state index in [0.717, 1.165) is 12.2 Å². The third-order valence-corrected chi connectivity index (χ3v) is 3.64. The smallest absolute Gasteiger partial charge is 0.220 e. The van der Waals surface area contributed by atoms with Gasteiger partial charge in [-0.25, -0.2) is 0 Å². The first-order valence-corrected chi connectivity index (χ1v) is 8.00. The van der Waals surface area contributed by atoms with Crippen LogP contribution >= 0.6 is 12.4 Å². The highest BCUT2D eigenvalue weighted by Crippen LogP contribution is 2.24. The van der Waals surface area contributed by atoms with Crippen molar-refractivity contribution < 1.29 is 9.53 Å². The summed E-state index contributed by atoms with van der Waals surface area (Å²) in [6.45, 7) is 9.82. The lowest BCUT2D eigenvalue weighted by atomic mass is 9.87. The molecule has 1 unspecified atom stereocenters. The van der Waals surface area contributed by atoms with Gasteiger partial charge in [0.05, 0.1) is 6.61 Å². The van der Waals surface area contributed by atoms with E-state index in [-0.39, 0.29) is 23.7 Å². The molecule has 0 fully saturated rings. The second-order valence-corrected chi connectivity index (χ2v) is 6.72. The van der Waals surface area contributed by atoms with Crippen LogP contribution < -0.4 is 15.4 Å². The molecule has 1 amide bonds. The summed E-state index contributed by atoms with van der Waals surface area (Å²) in [5, 5.41) is 5.98. The highest BCUT2D eigenvalue weighted by atomic mass is 35.5. The molecule has 0 aromatic heterocycles. The fraction of sp³-hybridized carbons (Fsp3) is 0.611. The predicted molar refractivity (Wildman–Crippen MR) is 98.7 cm³/mol. The monoisotopic (exact) mass is 342 g/mol. The molecule has 0 spiro atoms. The number of rotatable bonds is 8. The number of carbonyl (C=O) groups excluding carboxylic acids is 1. The first kappa shape index (κ1) is 21.7. The first-order valence-electron chi connectivity index (χ1n) is 8.00. The fourth-order valence-electron chi connectivity index (χ4n) is 1.93. The third-order valence-electron chi connectivity index (χ3n) is 3.64. The number of ether oxygens (including phenoxy) is 1. The lowest BCUT2D eigenvalue weighted by Gasteiger charge is -2.19. The SMILES string of the molecule is CNC(C)CNC(=O)CCCOc1ccc(C(C)(C)C)cc1.Cl. The third kappa shape index (κ3) is 8.82. The van der Waals surface area contributed by atoms with Crippen molar-refractivity contribution in [1.29, 1.82) is 0 Å². The van der Waals surface area contributed by atoms with Crippen LogP contribution in [0.2, 0.25) is 0 Å². The summed E-state index contributed by atoms with van der Waals surface area (Å²) < 4.78 is 5.68. The van der Waals surface area contributed by atoms with Crippen LogP contribution in [0.5, 0.6) is 5.75 Å². The van der Waals surface area contributed by atoms with Crippen molar-refractivity contribution in [3.63, 3.8) is 0 Å². The average Bonchev–Trinajstić information content (AvgIpc) is 2.48. The molecular weight excluding hydrogens is 312 g/mol. The normalized spacial score (nSPS) is 12.2. The molecule has 0 bridgehead atoms. The van der Waals surface area contributed by atoms with Gasteiger partial charge in [0.25, 0.3) is 0 Å². The zero-order valence-electron chi connectivity index (χ0n) is 14.9. The average molecular weight is 343 g/mol. The van der Waals surface area contributed by atoms with E-state index in [4.69, 9.17) is 4.74 Å². The summed E-state index contributed by atoms with van der Waals surface area (Å²) in [7, 11) is 1.88. The van der Waals surface area contributed by atoms with Crippen LogP contribution in [0.15, 0.2) is 24.3 Å². The number of nitrogens with one attached hydrogen (secondary N) is 2. The van der Waals surface area contributed by atoms with Crippen LogP contribution in [-0.2, 0) is 10.2 Å². The maximum atomic E-state index is 11.6. The minimum atomic E-state index is 0. The summed E-state index contributed by atoms with van der Waals surface area (Å²) in [4.78, 5) is 11.6. The topological polar surface area (TPSA) is 50.4 Å². The lowest BCUT2D eigenvalue weighted by molar-refractivity contribution is -0.121. The van der Waals surface area contributed by atoms with E-state index in [1.165, 1.54) is 5.56 Å². The van der Waals surface area contributed by atoms with Crippen LogP contribution in [0, 0.1) is 0 Å². The van der Waals surface area contributed by atoms with Crippen molar-refractivity contribution >= 4 is 18.3 Å². The standard InChI is InChI=1S/C18H30N2O2.ClH/c1-14(19-5)13-20-17(21)7-6-12-22-16-10-8-15(9-11-16)18(2,3)4;/h8-11,14,19H,6-7,12-13H2,1-5H3,(H,20,21);1H. The largest absolute Gasteiger partial charge is 0.494 e. The second kappa shape index (κ2) is 10.5. The summed E-state index contributed by atoms with van der Waals surface area (Å²) in [5.41, 5.74) is 1.44. The van der Waals surface area contributed by atoms with Gasteiger partial charge in [0.1, 0.15) is 5.75 Å². The van der Waals surface area contributed by atoms with Gasteiger partial charge in [0.2, 0.25) is 5.91 Å². The summed E-state index contributed by atoms with van der Waals surface area (Å²) in [6.07, 6.45) is 1.22. The van der Waals surface area contributed by atoms with Gasteiger partial charge >= 0.3 is 0 Å². The van der Waals surface area contributed by atoms with Crippen molar-refractivity contribution in [3.05, 3.63) is 29.8 Å². The van der Waals surface area contributed by atoms with E-state index in [1.54, 1.807) is 0 Å². The van der Waals surface area contributed by atoms with E-state index >= 15 is 0 Å². The number of halogens is 1. The lowest BCUT2D eigenvalue weighted by Crippen LogP contribution is -2.37. The molecule has 1 aromatic rings. The van der Waals surface area contributed by atoms with Gasteiger partial charge in [-0.1, -0.05) is 32.9 Å². The molecule has 0 aliphatic carbocycles. The molecule has 1 atom stereocenters. The van der Waals surface area contributed by atoms with E-state index < -0.39 is 0 Å². The minimum absolute atomic E-state index is 0. The Morgan fingerprint density at radius 1 is 1.22 bits per heavy atom. The Morgan fingerprint density at radius 2 is 1.83 bits per heavy atom. The number of amides is 1. The Hall–Kier alpha value is -1.26. The minimum Gasteiger partial charge on any atom is -0.494 e. The Morgan fingerprint density at radius 3 is 2.35 bits per heavy atom. The predicted octanol–water partition coefficient (Wildman–Crippen LogP) is 3.29. The Bertz CT molecular complexity index is 455. The number of benzene rings is 1. The van der Waals surface area contributed by atoms with Crippen molar-refractivity contribution in [2.45, 2.75) is 52.0 Å². The van der Waals surface area contributed by atoms with E-state index in [9.17, 15) is 4.79 Å². The number of likely N-dealkylation sites (N-methyl/N-ethyl adjacent to an activating group) is 1. The highest BCUT2D eigenvalue weighted by Gasteiger charge is 2.12. The Kier molecular flexibility index (Phi) is 9.93. The van der Waals surface area contributed by atoms with Crippen molar-refractivity contribution in [2.75, 3.05) is 20.2 Å². The van der Waals surface area contributed by atoms with Crippen molar-refractivity contribution in [3.8, 4) is 5.75 Å². The van der Waals surface area contributed by atoms with Crippen LogP contribution in [0.3, 0.4) is 0 Å². The molecule has 0 aliphatic heterocycles. The van der Waals surface area contributed by atoms with Crippen LogP contribution in [0.25, 0.3) is 0 Å². The Labute approximate surface area is 146 Å². The molecule has 132 valence electrons. The highest BCUT2D eigenvalue weighted by molar-refractivity contribution is 5.85. The molecule has 23 heavy (non-hydrogen) atoms. The molecule has 2 N–H and O–H groups in total. The number of hydrogen-bond acceptors (Lipinski definition) is 3. The van der Waals surface area contributed by atoms with Crippen LogP contribution in [0.1, 0.15) is 46.1 Å². The molecule has 5 heteroatoms. The summed E-state index contributed by atoms with van der Waals surface area (Å²) in [5.74, 6) is 0.936. The molecule has 1 rings (SSSR count). The van der Waals surface area contributed by atoms with E-state index in [1.807, 2.05) is 26.1 Å². The van der Waals surface area contributed by atoms with Crippen LogP contribution in [0.4, 0.5) is 0 Å². The fourth-order valence-corrected chi connectivity index (χ4v) is 1.93. The molecular formula is C18H31ClN2O2. The van der Waals surface area contributed by atoms with Gasteiger partial charge in [-0.05, 0) is 43.5 Å². The van der Waals surface area contributed by atoms with Gasteiger partial charge in [0, 0.05) is 19.0 Å². The Balaban J connectivity index is 0.00000484. The molecule has 0 aliphatic rings. The molecule has 0 saturated heterocycles. The first-order chi connectivity index (χ1) is 10.3. The molecule has 1 aromatic carbocycles. The van der Waals surface area contributed by atoms with Gasteiger partial charge in [-0.2, -0.15) is 0 Å². The van der Waals surface area contributed by atoms with Gasteiger partial charge < -0.3 is 15.4 Å². The summed E-state index contributed by atoms with van der Waals surface area (Å²) in [6, 6.07) is 8.48. The van der Waals surface area contributed by atoms with E-state index in [2.05, 4.69) is 43.5 Å². The second-order valence-electron chi connectivity index (χ2n) is 6.72. The molecule has 0 radical (unpaired) electrons. The number of carbonyl (C=O) groups is 1.